The smallest absolute Gasteiger partial charge is 0.334 e. The molecule has 1 aromatic carbocycles. The summed E-state index contributed by atoms with van der Waals surface area (Å²) in [4.78, 5) is 13.7. The second kappa shape index (κ2) is 6.64. The Morgan fingerprint density at radius 1 is 1.41 bits per heavy atom. The maximum absolute atomic E-state index is 13.3. The number of alkyl halides is 3. The highest BCUT2D eigenvalue weighted by Gasteiger charge is 2.34. The van der Waals surface area contributed by atoms with Crippen LogP contribution in [0.2, 0.25) is 0 Å². The number of rotatable bonds is 4. The zero-order valence-electron chi connectivity index (χ0n) is 12.2. The van der Waals surface area contributed by atoms with Gasteiger partial charge >= 0.3 is 6.18 Å². The summed E-state index contributed by atoms with van der Waals surface area (Å²) in [6.07, 6.45) is -3.67. The van der Waals surface area contributed by atoms with Gasteiger partial charge in [0, 0.05) is 6.54 Å². The number of hydrogen-bond acceptors (Lipinski definition) is 2. The lowest BCUT2D eigenvalue weighted by atomic mass is 10.0. The molecule has 22 heavy (non-hydrogen) atoms. The highest BCUT2D eigenvalue weighted by atomic mass is 19.4. The molecular weight excluding hydrogens is 300 g/mol. The molecule has 1 amide bonds. The predicted octanol–water partition coefficient (Wildman–Crippen LogP) is 2.89. The molecule has 0 aliphatic carbocycles. The Hall–Kier alpha value is -1.63. The summed E-state index contributed by atoms with van der Waals surface area (Å²) >= 11 is 0. The molecule has 0 aromatic heterocycles. The molecule has 1 aromatic rings. The van der Waals surface area contributed by atoms with Crippen LogP contribution < -0.4 is 5.32 Å². The van der Waals surface area contributed by atoms with E-state index in [-0.39, 0.29) is 24.3 Å². The van der Waals surface area contributed by atoms with Crippen molar-refractivity contribution in [3.63, 3.8) is 0 Å². The molecule has 2 rings (SSSR count). The number of halogens is 4. The van der Waals surface area contributed by atoms with Crippen LogP contribution in [0.4, 0.5) is 17.6 Å². The van der Waals surface area contributed by atoms with Crippen LogP contribution in [0.15, 0.2) is 24.3 Å². The van der Waals surface area contributed by atoms with E-state index in [0.717, 1.165) is 0 Å². The molecule has 122 valence electrons. The normalized spacial score (nSPS) is 22.1. The van der Waals surface area contributed by atoms with Crippen LogP contribution in [-0.2, 0) is 4.79 Å². The van der Waals surface area contributed by atoms with Gasteiger partial charge in [0.1, 0.15) is 5.82 Å². The maximum atomic E-state index is 13.3. The molecule has 0 unspecified atom stereocenters. The predicted molar refractivity (Wildman–Crippen MR) is 73.6 cm³/mol. The Morgan fingerprint density at radius 2 is 2.14 bits per heavy atom. The second-order valence-electron chi connectivity index (χ2n) is 5.68. The molecule has 0 radical (unpaired) electrons. The van der Waals surface area contributed by atoms with Crippen molar-refractivity contribution >= 4 is 5.91 Å². The van der Waals surface area contributed by atoms with Gasteiger partial charge in [-0.1, -0.05) is 19.1 Å². The third-order valence-corrected chi connectivity index (χ3v) is 3.67. The quantitative estimate of drug-likeness (QED) is 0.866. The Bertz CT molecular complexity index is 533. The summed E-state index contributed by atoms with van der Waals surface area (Å²) in [7, 11) is 0. The Morgan fingerprint density at radius 3 is 2.77 bits per heavy atom. The van der Waals surface area contributed by atoms with Gasteiger partial charge in [0.2, 0.25) is 5.91 Å². The van der Waals surface area contributed by atoms with Gasteiger partial charge in [0.25, 0.3) is 0 Å². The topological polar surface area (TPSA) is 32.3 Å². The molecule has 0 saturated carbocycles. The van der Waals surface area contributed by atoms with E-state index in [4.69, 9.17) is 0 Å². The molecule has 1 aliphatic rings. The van der Waals surface area contributed by atoms with Crippen LogP contribution in [0, 0.1) is 11.7 Å². The fraction of sp³-hybridized carbons (Fsp3) is 0.533. The monoisotopic (exact) mass is 318 g/mol. The zero-order valence-corrected chi connectivity index (χ0v) is 12.2. The van der Waals surface area contributed by atoms with Gasteiger partial charge in [-0.2, -0.15) is 13.2 Å². The maximum Gasteiger partial charge on any atom is 0.401 e. The Kier molecular flexibility index (Phi) is 5.05. The first kappa shape index (κ1) is 16.7. The molecule has 1 N–H and O–H groups in total. The van der Waals surface area contributed by atoms with E-state index < -0.39 is 18.6 Å². The van der Waals surface area contributed by atoms with Crippen molar-refractivity contribution in [1.82, 2.24) is 10.2 Å². The molecule has 1 aliphatic heterocycles. The molecule has 3 nitrogen and oxygen atoms in total. The minimum absolute atomic E-state index is 0.222. The lowest BCUT2D eigenvalue weighted by molar-refractivity contribution is -0.135. The van der Waals surface area contributed by atoms with Gasteiger partial charge in [-0.15, -0.1) is 0 Å². The van der Waals surface area contributed by atoms with Crippen LogP contribution in [0.3, 0.4) is 0 Å². The number of carbonyl (C=O) groups excluding carboxylic acids is 1. The van der Waals surface area contributed by atoms with Crippen LogP contribution >= 0.6 is 0 Å². The van der Waals surface area contributed by atoms with Crippen LogP contribution in [0.25, 0.3) is 0 Å². The fourth-order valence-electron chi connectivity index (χ4n) is 2.76. The van der Waals surface area contributed by atoms with Crippen LogP contribution in [-0.4, -0.2) is 36.6 Å². The lowest BCUT2D eigenvalue weighted by Crippen LogP contribution is -2.40. The average molecular weight is 318 g/mol. The SMILES string of the molecule is C[C@H]1C[C@@H](c2cccc(F)c2)N(C(=O)CNCC(F)(F)F)C1. The summed E-state index contributed by atoms with van der Waals surface area (Å²) < 4.78 is 49.6. The lowest BCUT2D eigenvalue weighted by Gasteiger charge is -2.25. The van der Waals surface area contributed by atoms with Crippen molar-refractivity contribution in [1.29, 1.82) is 0 Å². The van der Waals surface area contributed by atoms with Gasteiger partial charge in [0.05, 0.1) is 19.1 Å². The minimum Gasteiger partial charge on any atom is -0.334 e. The van der Waals surface area contributed by atoms with E-state index in [0.29, 0.717) is 18.5 Å². The second-order valence-corrected chi connectivity index (χ2v) is 5.68. The molecule has 2 atom stereocenters. The zero-order chi connectivity index (χ0) is 16.3. The van der Waals surface area contributed by atoms with Crippen molar-refractivity contribution in [3.8, 4) is 0 Å². The number of nitrogens with one attached hydrogen (secondary N) is 1. The van der Waals surface area contributed by atoms with E-state index in [9.17, 15) is 22.4 Å². The van der Waals surface area contributed by atoms with Crippen molar-refractivity contribution in [2.45, 2.75) is 25.6 Å². The standard InChI is InChI=1S/C15H18F4N2O/c1-10-5-13(11-3-2-4-12(16)6-11)21(8-10)14(22)7-20-9-15(17,18)19/h2-4,6,10,13,20H,5,7-9H2,1H3/t10-,13-/m0/s1. The number of nitrogens with zero attached hydrogens (tertiary/aromatic N) is 1. The number of carbonyl (C=O) groups is 1. The minimum atomic E-state index is -4.35. The number of benzene rings is 1. The largest absolute Gasteiger partial charge is 0.401 e. The van der Waals surface area contributed by atoms with Crippen molar-refractivity contribution in [2.24, 2.45) is 5.92 Å². The molecule has 0 bridgehead atoms. The van der Waals surface area contributed by atoms with Crippen molar-refractivity contribution < 1.29 is 22.4 Å². The van der Waals surface area contributed by atoms with E-state index in [2.05, 4.69) is 5.32 Å². The van der Waals surface area contributed by atoms with Crippen molar-refractivity contribution in [2.75, 3.05) is 19.6 Å². The first-order valence-electron chi connectivity index (χ1n) is 7.08. The molecular formula is C15H18F4N2O. The first-order chi connectivity index (χ1) is 10.3. The Labute approximate surface area is 126 Å². The van der Waals surface area contributed by atoms with Crippen LogP contribution in [0.1, 0.15) is 24.9 Å². The van der Waals surface area contributed by atoms with E-state index in [1.165, 1.54) is 17.0 Å². The highest BCUT2D eigenvalue weighted by Crippen LogP contribution is 2.35. The molecule has 0 spiro atoms. The van der Waals surface area contributed by atoms with Gasteiger partial charge in [-0.3, -0.25) is 4.79 Å². The summed E-state index contributed by atoms with van der Waals surface area (Å²) in [6, 6.07) is 5.70. The van der Waals surface area contributed by atoms with Gasteiger partial charge in [-0.25, -0.2) is 4.39 Å². The first-order valence-corrected chi connectivity index (χ1v) is 7.08. The van der Waals surface area contributed by atoms with E-state index in [1.54, 1.807) is 12.1 Å². The number of likely N-dealkylation sites (tertiary alicyclic amines) is 1. The van der Waals surface area contributed by atoms with Crippen LogP contribution in [0.5, 0.6) is 0 Å². The highest BCUT2D eigenvalue weighted by molar-refractivity contribution is 5.79. The molecule has 1 fully saturated rings. The summed E-state index contributed by atoms with van der Waals surface area (Å²) in [5, 5.41) is 2.11. The third kappa shape index (κ3) is 4.43. The summed E-state index contributed by atoms with van der Waals surface area (Å²) in [5.74, 6) is -0.567. The number of amides is 1. The number of hydrogen-bond donors (Lipinski definition) is 1. The average Bonchev–Trinajstić information content (AvgIpc) is 2.79. The summed E-state index contributed by atoms with van der Waals surface area (Å²) in [5.41, 5.74) is 0.675. The van der Waals surface area contributed by atoms with Gasteiger partial charge < -0.3 is 10.2 Å². The van der Waals surface area contributed by atoms with E-state index in [1.807, 2.05) is 6.92 Å². The van der Waals surface area contributed by atoms with Crippen molar-refractivity contribution in [3.05, 3.63) is 35.6 Å². The van der Waals surface area contributed by atoms with Gasteiger partial charge in [-0.05, 0) is 30.0 Å². The fourth-order valence-corrected chi connectivity index (χ4v) is 2.76. The van der Waals surface area contributed by atoms with E-state index >= 15 is 0 Å². The van der Waals surface area contributed by atoms with Gasteiger partial charge in [0.15, 0.2) is 0 Å². The summed E-state index contributed by atoms with van der Waals surface area (Å²) in [6.45, 7) is 0.848. The Balaban J connectivity index is 2.03. The molecule has 7 heteroatoms. The molecule has 1 heterocycles. The third-order valence-electron chi connectivity index (χ3n) is 3.67. The molecule has 1 saturated heterocycles.